The first-order valence-corrected chi connectivity index (χ1v) is 12.3. The fraction of sp³-hybridized carbons (Fsp3) is 0.654. The zero-order valence-corrected chi connectivity index (χ0v) is 22.0. The van der Waals surface area contributed by atoms with Crippen LogP contribution in [0.15, 0.2) is 6.07 Å². The molecule has 1 amide bonds. The fourth-order valence-corrected chi connectivity index (χ4v) is 4.58. The van der Waals surface area contributed by atoms with E-state index in [4.69, 9.17) is 9.47 Å². The largest absolute Gasteiger partial charge is 0.465 e. The number of carbonyl (C=O) groups is 3. The minimum absolute atomic E-state index is 0.161. The molecule has 1 aliphatic rings. The highest BCUT2D eigenvalue weighted by atomic mass is 32.1. The molecule has 33 heavy (non-hydrogen) atoms. The quantitative estimate of drug-likeness (QED) is 0.419. The number of carbonyl (C=O) groups excluding carboxylic acids is 3. The second-order valence-electron chi connectivity index (χ2n) is 10.8. The molecular formula is C26H37NO5S. The Bertz CT molecular complexity index is 931. The Morgan fingerprint density at radius 1 is 1.09 bits per heavy atom. The lowest BCUT2D eigenvalue weighted by Gasteiger charge is -2.31. The molecule has 0 aliphatic heterocycles. The molecule has 1 aliphatic carbocycles. The molecule has 1 aromatic rings. The van der Waals surface area contributed by atoms with Gasteiger partial charge in [-0.05, 0) is 79.2 Å². The van der Waals surface area contributed by atoms with Gasteiger partial charge in [0, 0.05) is 11.3 Å². The van der Waals surface area contributed by atoms with Gasteiger partial charge in [-0.1, -0.05) is 18.8 Å². The smallest absolute Gasteiger partial charge is 0.350 e. The van der Waals surface area contributed by atoms with Gasteiger partial charge in [0.2, 0.25) is 5.91 Å². The minimum atomic E-state index is -0.685. The molecule has 0 unspecified atom stereocenters. The molecular weight excluding hydrogens is 438 g/mol. The Hall–Kier alpha value is -2.33. The van der Waals surface area contributed by atoms with Crippen molar-refractivity contribution < 1.29 is 23.9 Å². The molecule has 0 N–H and O–H groups in total. The lowest BCUT2D eigenvalue weighted by molar-refractivity contribution is -0.153. The van der Waals surface area contributed by atoms with Crippen LogP contribution in [0, 0.1) is 29.1 Å². The van der Waals surface area contributed by atoms with Gasteiger partial charge < -0.3 is 9.47 Å². The molecule has 1 heterocycles. The summed E-state index contributed by atoms with van der Waals surface area (Å²) in [7, 11) is 1.30. The van der Waals surface area contributed by atoms with Gasteiger partial charge in [0.1, 0.15) is 17.0 Å². The standard InChI is InChI=1S/C26H37NO5S/c1-17-9-11-18(12-10-17)23(29)27(16-21(28)32-26(5,6)7)20-15-19(13-14-25(2,3)4)33-22(20)24(30)31-8/h15,17-18H,9-12,16H2,1-8H3. The van der Waals surface area contributed by atoms with E-state index in [0.29, 0.717) is 16.5 Å². The summed E-state index contributed by atoms with van der Waals surface area (Å²) >= 11 is 1.17. The number of anilines is 1. The third-order valence-corrected chi connectivity index (χ3v) is 6.29. The summed E-state index contributed by atoms with van der Waals surface area (Å²) in [6.45, 7) is 13.3. The van der Waals surface area contributed by atoms with Gasteiger partial charge in [-0.3, -0.25) is 14.5 Å². The van der Waals surface area contributed by atoms with E-state index >= 15 is 0 Å². The number of hydrogen-bond acceptors (Lipinski definition) is 6. The molecule has 0 spiro atoms. The van der Waals surface area contributed by atoms with Crippen LogP contribution in [0.4, 0.5) is 5.69 Å². The minimum Gasteiger partial charge on any atom is -0.465 e. The Morgan fingerprint density at radius 2 is 1.70 bits per heavy atom. The van der Waals surface area contributed by atoms with Crippen molar-refractivity contribution in [3.63, 3.8) is 0 Å². The molecule has 0 saturated heterocycles. The molecule has 182 valence electrons. The predicted octanol–water partition coefficient (Wildman–Crippen LogP) is 5.43. The van der Waals surface area contributed by atoms with E-state index in [-0.39, 0.29) is 28.7 Å². The van der Waals surface area contributed by atoms with Crippen molar-refractivity contribution in [1.29, 1.82) is 0 Å². The third-order valence-electron chi connectivity index (χ3n) is 5.27. The molecule has 7 heteroatoms. The van der Waals surface area contributed by atoms with Crippen molar-refractivity contribution >= 4 is 34.9 Å². The molecule has 2 rings (SSSR count). The topological polar surface area (TPSA) is 72.9 Å². The Kier molecular flexibility index (Phi) is 8.75. The van der Waals surface area contributed by atoms with Crippen molar-refractivity contribution in [2.75, 3.05) is 18.6 Å². The van der Waals surface area contributed by atoms with Gasteiger partial charge in [0.15, 0.2) is 0 Å². The zero-order chi connectivity index (χ0) is 25.0. The number of esters is 2. The van der Waals surface area contributed by atoms with E-state index in [1.54, 1.807) is 26.8 Å². The van der Waals surface area contributed by atoms with Crippen LogP contribution in [0.5, 0.6) is 0 Å². The molecule has 0 bridgehead atoms. The van der Waals surface area contributed by atoms with Crippen molar-refractivity contribution in [2.45, 2.75) is 79.8 Å². The SMILES string of the molecule is COC(=O)c1sc(C#CC(C)(C)C)cc1N(CC(=O)OC(C)(C)C)C(=O)C1CCC(C)CC1. The molecule has 0 radical (unpaired) electrons. The third kappa shape index (κ3) is 8.19. The van der Waals surface area contributed by atoms with Gasteiger partial charge in [0.05, 0.1) is 17.7 Å². The van der Waals surface area contributed by atoms with Crippen molar-refractivity contribution in [3.05, 3.63) is 15.8 Å². The van der Waals surface area contributed by atoms with Crippen molar-refractivity contribution in [3.8, 4) is 11.8 Å². The Morgan fingerprint density at radius 3 is 2.21 bits per heavy atom. The maximum Gasteiger partial charge on any atom is 0.350 e. The van der Waals surface area contributed by atoms with Crippen LogP contribution in [0.1, 0.15) is 88.7 Å². The number of ether oxygens (including phenoxy) is 2. The van der Waals surface area contributed by atoms with Crippen molar-refractivity contribution in [1.82, 2.24) is 0 Å². The number of amides is 1. The van der Waals surface area contributed by atoms with Crippen LogP contribution in [0.2, 0.25) is 0 Å². The van der Waals surface area contributed by atoms with E-state index in [0.717, 1.165) is 25.7 Å². The predicted molar refractivity (Wildman–Crippen MR) is 131 cm³/mol. The first-order valence-electron chi connectivity index (χ1n) is 11.5. The Balaban J connectivity index is 2.50. The van der Waals surface area contributed by atoms with Crippen LogP contribution in [-0.4, -0.2) is 37.1 Å². The van der Waals surface area contributed by atoms with Crippen LogP contribution < -0.4 is 4.90 Å². The molecule has 1 saturated carbocycles. The average Bonchev–Trinajstić information content (AvgIpc) is 3.12. The first-order chi connectivity index (χ1) is 15.2. The van der Waals surface area contributed by atoms with Gasteiger partial charge in [-0.15, -0.1) is 11.3 Å². The van der Waals surface area contributed by atoms with E-state index < -0.39 is 17.5 Å². The molecule has 1 fully saturated rings. The lowest BCUT2D eigenvalue weighted by Crippen LogP contribution is -2.43. The fourth-order valence-electron chi connectivity index (χ4n) is 3.64. The second kappa shape index (κ2) is 10.7. The van der Waals surface area contributed by atoms with Gasteiger partial charge in [-0.25, -0.2) is 4.79 Å². The van der Waals surface area contributed by atoms with E-state index in [1.807, 2.05) is 20.8 Å². The van der Waals surface area contributed by atoms with Gasteiger partial charge in [-0.2, -0.15) is 0 Å². The van der Waals surface area contributed by atoms with Crippen LogP contribution in [0.25, 0.3) is 0 Å². The maximum atomic E-state index is 13.6. The van der Waals surface area contributed by atoms with E-state index in [2.05, 4.69) is 18.8 Å². The summed E-state index contributed by atoms with van der Waals surface area (Å²) in [6.07, 6.45) is 3.46. The highest BCUT2D eigenvalue weighted by molar-refractivity contribution is 7.15. The number of methoxy groups -OCH3 is 1. The lowest BCUT2D eigenvalue weighted by atomic mass is 9.82. The molecule has 0 atom stereocenters. The summed E-state index contributed by atoms with van der Waals surface area (Å²) in [6, 6.07) is 1.71. The Labute approximate surface area is 202 Å². The van der Waals surface area contributed by atoms with Gasteiger partial charge in [0.25, 0.3) is 0 Å². The first kappa shape index (κ1) is 26.9. The summed E-state index contributed by atoms with van der Waals surface area (Å²) in [5, 5.41) is 0. The van der Waals surface area contributed by atoms with Crippen LogP contribution in [-0.2, 0) is 19.1 Å². The van der Waals surface area contributed by atoms with Gasteiger partial charge >= 0.3 is 11.9 Å². The van der Waals surface area contributed by atoms with E-state index in [1.165, 1.54) is 23.3 Å². The van der Waals surface area contributed by atoms with Crippen molar-refractivity contribution in [2.24, 2.45) is 17.3 Å². The molecule has 1 aromatic heterocycles. The molecule has 6 nitrogen and oxygen atoms in total. The highest BCUT2D eigenvalue weighted by Crippen LogP contribution is 2.35. The number of thiophene rings is 1. The highest BCUT2D eigenvalue weighted by Gasteiger charge is 2.34. The van der Waals surface area contributed by atoms with Crippen LogP contribution >= 0.6 is 11.3 Å². The summed E-state index contributed by atoms with van der Waals surface area (Å²) in [5.74, 6) is 5.40. The second-order valence-corrected chi connectivity index (χ2v) is 11.8. The number of rotatable bonds is 5. The maximum absolute atomic E-state index is 13.6. The number of hydrogen-bond donors (Lipinski definition) is 0. The number of nitrogens with zero attached hydrogens (tertiary/aromatic N) is 1. The molecule has 0 aromatic carbocycles. The average molecular weight is 476 g/mol. The monoisotopic (exact) mass is 475 g/mol. The summed E-state index contributed by atoms with van der Waals surface area (Å²) in [5.41, 5.74) is -0.546. The normalized spacial score (nSPS) is 18.7. The van der Waals surface area contributed by atoms with E-state index in [9.17, 15) is 14.4 Å². The summed E-state index contributed by atoms with van der Waals surface area (Å²) in [4.78, 5) is 41.3. The zero-order valence-electron chi connectivity index (χ0n) is 21.2. The van der Waals surface area contributed by atoms with Crippen LogP contribution in [0.3, 0.4) is 0 Å². The summed E-state index contributed by atoms with van der Waals surface area (Å²) < 4.78 is 10.5.